The van der Waals surface area contributed by atoms with Gasteiger partial charge >= 0.3 is 5.97 Å². The van der Waals surface area contributed by atoms with E-state index in [1.54, 1.807) is 7.11 Å². The van der Waals surface area contributed by atoms with E-state index in [0.29, 0.717) is 66.1 Å². The van der Waals surface area contributed by atoms with Crippen LogP contribution in [0.2, 0.25) is 0 Å². The Morgan fingerprint density at radius 3 is 1.84 bits per heavy atom. The zero-order valence-electron chi connectivity index (χ0n) is 15.1. The van der Waals surface area contributed by atoms with Crippen molar-refractivity contribution in [1.82, 2.24) is 16.2 Å². The molecule has 0 aliphatic carbocycles. The van der Waals surface area contributed by atoms with Gasteiger partial charge in [-0.05, 0) is 0 Å². The highest BCUT2D eigenvalue weighted by atomic mass is 16.5. The van der Waals surface area contributed by atoms with Gasteiger partial charge in [0.2, 0.25) is 0 Å². The topological polar surface area (TPSA) is 120 Å². The van der Waals surface area contributed by atoms with Crippen LogP contribution in [0, 0.1) is 0 Å². The molecule has 0 aromatic carbocycles. The predicted octanol–water partition coefficient (Wildman–Crippen LogP) is -1.18. The summed E-state index contributed by atoms with van der Waals surface area (Å²) in [6.07, 6.45) is 0.0383. The Morgan fingerprint density at radius 2 is 1.28 bits per heavy atom. The van der Waals surface area contributed by atoms with Crippen molar-refractivity contribution in [2.24, 2.45) is 0 Å². The van der Waals surface area contributed by atoms with Gasteiger partial charge in [0.1, 0.15) is 6.73 Å². The third-order valence-corrected chi connectivity index (χ3v) is 2.76. The molecular formula is C15H33N3O7. The Kier molecular flexibility index (Phi) is 20.5. The maximum Gasteiger partial charge on any atom is 0.305 e. The normalized spacial score (nSPS) is 11.1. The summed E-state index contributed by atoms with van der Waals surface area (Å²) in [5.74, 6) is -0.845. The molecule has 0 aromatic rings. The van der Waals surface area contributed by atoms with E-state index in [1.807, 2.05) is 0 Å². The average Bonchev–Trinajstić information content (AvgIpc) is 2.60. The van der Waals surface area contributed by atoms with Crippen LogP contribution in [-0.2, 0) is 28.5 Å². The number of aliphatic carboxylic acids is 1. The van der Waals surface area contributed by atoms with Crippen LogP contribution in [0.5, 0.6) is 0 Å². The number of rotatable bonds is 21. The van der Waals surface area contributed by atoms with E-state index in [2.05, 4.69) is 16.2 Å². The molecule has 0 aliphatic heterocycles. The van der Waals surface area contributed by atoms with Crippen molar-refractivity contribution >= 4 is 5.97 Å². The van der Waals surface area contributed by atoms with Gasteiger partial charge in [-0.2, -0.15) is 0 Å². The monoisotopic (exact) mass is 367 g/mol. The minimum Gasteiger partial charge on any atom is -0.481 e. The number of hydrogen-bond acceptors (Lipinski definition) is 9. The summed E-state index contributed by atoms with van der Waals surface area (Å²) >= 11 is 0. The van der Waals surface area contributed by atoms with E-state index in [9.17, 15) is 4.79 Å². The number of hydrazine groups is 1. The Balaban J connectivity index is 2.97. The molecule has 0 fully saturated rings. The van der Waals surface area contributed by atoms with Gasteiger partial charge in [0.05, 0.1) is 59.3 Å². The van der Waals surface area contributed by atoms with Crippen LogP contribution in [0.4, 0.5) is 0 Å². The first-order valence-electron chi connectivity index (χ1n) is 8.45. The minimum absolute atomic E-state index is 0.0383. The molecule has 0 aromatic heterocycles. The smallest absolute Gasteiger partial charge is 0.305 e. The molecule has 10 nitrogen and oxygen atoms in total. The minimum atomic E-state index is -0.845. The van der Waals surface area contributed by atoms with Gasteiger partial charge in [-0.25, -0.2) is 5.43 Å². The van der Waals surface area contributed by atoms with Crippen molar-refractivity contribution in [1.29, 1.82) is 0 Å². The number of carboxylic acid groups (broad SMARTS) is 1. The van der Waals surface area contributed by atoms with Crippen LogP contribution in [0.3, 0.4) is 0 Å². The van der Waals surface area contributed by atoms with Crippen LogP contribution in [0.1, 0.15) is 6.42 Å². The second kappa shape index (κ2) is 21.2. The molecule has 0 aliphatic rings. The van der Waals surface area contributed by atoms with E-state index >= 15 is 0 Å². The van der Waals surface area contributed by atoms with Gasteiger partial charge in [-0.3, -0.25) is 10.2 Å². The number of methoxy groups -OCH3 is 1. The van der Waals surface area contributed by atoms with Crippen molar-refractivity contribution in [3.63, 3.8) is 0 Å². The van der Waals surface area contributed by atoms with Crippen molar-refractivity contribution < 1.29 is 33.6 Å². The molecule has 0 spiro atoms. The summed E-state index contributed by atoms with van der Waals surface area (Å²) in [6, 6.07) is 0. The summed E-state index contributed by atoms with van der Waals surface area (Å²) in [4.78, 5) is 10.3. The molecule has 4 N–H and O–H groups in total. The summed E-state index contributed by atoms with van der Waals surface area (Å²) in [5.41, 5.74) is 5.80. The first-order valence-corrected chi connectivity index (χ1v) is 8.45. The van der Waals surface area contributed by atoms with E-state index in [0.717, 1.165) is 6.54 Å². The van der Waals surface area contributed by atoms with Crippen molar-refractivity contribution in [3.05, 3.63) is 0 Å². The molecule has 0 bridgehead atoms. The van der Waals surface area contributed by atoms with E-state index in [-0.39, 0.29) is 13.0 Å². The second-order valence-corrected chi connectivity index (χ2v) is 4.88. The molecule has 25 heavy (non-hydrogen) atoms. The molecule has 0 saturated heterocycles. The molecule has 0 unspecified atom stereocenters. The summed E-state index contributed by atoms with van der Waals surface area (Å²) in [7, 11) is 1.62. The van der Waals surface area contributed by atoms with Crippen molar-refractivity contribution in [3.8, 4) is 0 Å². The first kappa shape index (κ1) is 24.1. The number of ether oxygens (including phenoxy) is 5. The van der Waals surface area contributed by atoms with Crippen LogP contribution in [0.25, 0.3) is 0 Å². The molecule has 0 atom stereocenters. The Morgan fingerprint density at radius 1 is 0.760 bits per heavy atom. The second-order valence-electron chi connectivity index (χ2n) is 4.88. The quantitative estimate of drug-likeness (QED) is 0.112. The fourth-order valence-electron chi connectivity index (χ4n) is 1.55. The lowest BCUT2D eigenvalue weighted by atomic mass is 10.5. The van der Waals surface area contributed by atoms with Gasteiger partial charge in [0.25, 0.3) is 0 Å². The molecule has 0 saturated carbocycles. The lowest BCUT2D eigenvalue weighted by Crippen LogP contribution is -2.35. The van der Waals surface area contributed by atoms with Gasteiger partial charge in [-0.1, -0.05) is 0 Å². The number of nitrogens with one attached hydrogen (secondary N) is 3. The average molecular weight is 367 g/mol. The first-order chi connectivity index (χ1) is 12.3. The largest absolute Gasteiger partial charge is 0.481 e. The van der Waals surface area contributed by atoms with Crippen LogP contribution >= 0.6 is 0 Å². The van der Waals surface area contributed by atoms with E-state index < -0.39 is 5.97 Å². The highest BCUT2D eigenvalue weighted by molar-refractivity contribution is 5.66. The van der Waals surface area contributed by atoms with Crippen LogP contribution in [0.15, 0.2) is 0 Å². The fourth-order valence-corrected chi connectivity index (χ4v) is 1.55. The van der Waals surface area contributed by atoms with Crippen LogP contribution < -0.4 is 16.2 Å². The molecule has 0 radical (unpaired) electrons. The Labute approximate surface area is 149 Å². The molecule has 0 heterocycles. The predicted molar refractivity (Wildman–Crippen MR) is 91.4 cm³/mol. The maximum atomic E-state index is 10.3. The Hall–Kier alpha value is -0.850. The maximum absolute atomic E-state index is 10.3. The summed E-state index contributed by atoms with van der Waals surface area (Å²) < 4.78 is 26.1. The van der Waals surface area contributed by atoms with Gasteiger partial charge < -0.3 is 34.1 Å². The lowest BCUT2D eigenvalue weighted by molar-refractivity contribution is -0.138. The fraction of sp³-hybridized carbons (Fsp3) is 0.933. The highest BCUT2D eigenvalue weighted by Crippen LogP contribution is 1.82. The van der Waals surface area contributed by atoms with Crippen LogP contribution in [-0.4, -0.2) is 97.4 Å². The molecule has 0 rings (SSSR count). The summed E-state index contributed by atoms with van der Waals surface area (Å²) in [6.45, 7) is 6.65. The summed E-state index contributed by atoms with van der Waals surface area (Å²) in [5, 5.41) is 11.6. The molecule has 0 amide bonds. The third-order valence-electron chi connectivity index (χ3n) is 2.76. The van der Waals surface area contributed by atoms with E-state index in [1.165, 1.54) is 0 Å². The zero-order valence-corrected chi connectivity index (χ0v) is 15.1. The Bertz CT molecular complexity index is 286. The highest BCUT2D eigenvalue weighted by Gasteiger charge is 1.96. The molecular weight excluding hydrogens is 334 g/mol. The van der Waals surface area contributed by atoms with Crippen molar-refractivity contribution in [2.75, 3.05) is 86.3 Å². The third kappa shape index (κ3) is 23.1. The molecule has 150 valence electrons. The number of carboxylic acids is 1. The van der Waals surface area contributed by atoms with Gasteiger partial charge in [0.15, 0.2) is 0 Å². The standard InChI is InChI=1S/C15H33N3O7/c1-21-14-18-17-5-9-24-11-13-25-12-10-23-8-4-16-3-7-22-6-2-15(19)20/h16-18H,2-14H2,1H3,(H,19,20). The number of carbonyl (C=O) groups is 1. The lowest BCUT2D eigenvalue weighted by Gasteiger charge is -2.08. The van der Waals surface area contributed by atoms with Crippen molar-refractivity contribution in [2.45, 2.75) is 6.42 Å². The van der Waals surface area contributed by atoms with Gasteiger partial charge in [-0.15, -0.1) is 0 Å². The zero-order chi connectivity index (χ0) is 18.4. The SMILES string of the molecule is COCNNCCOCCOCCOCCNCCOCCC(=O)O. The molecule has 10 heteroatoms. The number of hydrogen-bond donors (Lipinski definition) is 4. The van der Waals surface area contributed by atoms with Gasteiger partial charge in [0, 0.05) is 26.7 Å². The van der Waals surface area contributed by atoms with E-state index in [4.69, 9.17) is 28.8 Å².